The first kappa shape index (κ1) is 12.9. The standard InChI is InChI=1S/C14H26N2O/c1-3-11(2)14(17)16-9-5-6-12(10-16)13-7-4-8-15-13/h11-13,15H,3-10H2,1-2H3. The lowest BCUT2D eigenvalue weighted by Gasteiger charge is -2.37. The van der Waals surface area contributed by atoms with Gasteiger partial charge >= 0.3 is 0 Å². The van der Waals surface area contributed by atoms with Crippen molar-refractivity contribution in [2.45, 2.75) is 52.0 Å². The van der Waals surface area contributed by atoms with Crippen molar-refractivity contribution in [1.82, 2.24) is 10.2 Å². The monoisotopic (exact) mass is 238 g/mol. The molecule has 98 valence electrons. The summed E-state index contributed by atoms with van der Waals surface area (Å²) in [5.74, 6) is 1.26. The topological polar surface area (TPSA) is 32.3 Å². The molecule has 0 spiro atoms. The fourth-order valence-corrected chi connectivity index (χ4v) is 3.14. The zero-order chi connectivity index (χ0) is 12.3. The number of piperidine rings is 1. The van der Waals surface area contributed by atoms with Gasteiger partial charge in [-0.05, 0) is 44.6 Å². The van der Waals surface area contributed by atoms with Crippen molar-refractivity contribution in [2.75, 3.05) is 19.6 Å². The second-order valence-corrected chi connectivity index (χ2v) is 5.70. The predicted octanol–water partition coefficient (Wildman–Crippen LogP) is 2.02. The van der Waals surface area contributed by atoms with E-state index in [2.05, 4.69) is 24.1 Å². The molecule has 3 atom stereocenters. The van der Waals surface area contributed by atoms with E-state index in [1.54, 1.807) is 0 Å². The Morgan fingerprint density at radius 2 is 2.24 bits per heavy atom. The van der Waals surface area contributed by atoms with Crippen molar-refractivity contribution < 1.29 is 4.79 Å². The fourth-order valence-electron chi connectivity index (χ4n) is 3.14. The maximum Gasteiger partial charge on any atom is 0.225 e. The summed E-state index contributed by atoms with van der Waals surface area (Å²) in [6.07, 6.45) is 6.05. The van der Waals surface area contributed by atoms with Crippen molar-refractivity contribution in [2.24, 2.45) is 11.8 Å². The van der Waals surface area contributed by atoms with E-state index in [0.29, 0.717) is 17.9 Å². The minimum Gasteiger partial charge on any atom is -0.342 e. The van der Waals surface area contributed by atoms with Gasteiger partial charge in [0.25, 0.3) is 0 Å². The summed E-state index contributed by atoms with van der Waals surface area (Å²) >= 11 is 0. The number of nitrogens with one attached hydrogen (secondary N) is 1. The van der Waals surface area contributed by atoms with Crippen LogP contribution in [0.15, 0.2) is 0 Å². The van der Waals surface area contributed by atoms with Crippen LogP contribution in [0.5, 0.6) is 0 Å². The van der Waals surface area contributed by atoms with E-state index in [9.17, 15) is 4.79 Å². The molecular formula is C14H26N2O. The Morgan fingerprint density at radius 1 is 1.41 bits per heavy atom. The van der Waals surface area contributed by atoms with Gasteiger partial charge in [0.2, 0.25) is 5.91 Å². The minimum absolute atomic E-state index is 0.199. The second-order valence-electron chi connectivity index (χ2n) is 5.70. The lowest BCUT2D eigenvalue weighted by Crippen LogP contribution is -2.47. The van der Waals surface area contributed by atoms with Crippen LogP contribution in [0.1, 0.15) is 46.0 Å². The molecule has 0 bridgehead atoms. The molecule has 2 rings (SSSR count). The van der Waals surface area contributed by atoms with Crippen LogP contribution in [0.2, 0.25) is 0 Å². The van der Waals surface area contributed by atoms with Crippen LogP contribution in [0.4, 0.5) is 0 Å². The number of carbonyl (C=O) groups excluding carboxylic acids is 1. The Hall–Kier alpha value is -0.570. The van der Waals surface area contributed by atoms with Crippen LogP contribution in [0, 0.1) is 11.8 Å². The fraction of sp³-hybridized carbons (Fsp3) is 0.929. The van der Waals surface area contributed by atoms with E-state index in [1.165, 1.54) is 32.2 Å². The predicted molar refractivity (Wildman–Crippen MR) is 69.8 cm³/mol. The highest BCUT2D eigenvalue weighted by Crippen LogP contribution is 2.25. The number of amides is 1. The van der Waals surface area contributed by atoms with Crippen molar-refractivity contribution in [1.29, 1.82) is 0 Å². The first-order valence-electron chi connectivity index (χ1n) is 7.24. The van der Waals surface area contributed by atoms with Crippen LogP contribution < -0.4 is 5.32 Å². The molecule has 3 nitrogen and oxygen atoms in total. The number of carbonyl (C=O) groups is 1. The van der Waals surface area contributed by atoms with Gasteiger partial charge in [-0.1, -0.05) is 13.8 Å². The Balaban J connectivity index is 1.89. The molecule has 0 aromatic heterocycles. The van der Waals surface area contributed by atoms with Crippen molar-refractivity contribution >= 4 is 5.91 Å². The average Bonchev–Trinajstić information content (AvgIpc) is 2.91. The van der Waals surface area contributed by atoms with Crippen molar-refractivity contribution in [3.05, 3.63) is 0 Å². The van der Waals surface area contributed by atoms with Crippen LogP contribution in [0.3, 0.4) is 0 Å². The zero-order valence-electron chi connectivity index (χ0n) is 11.2. The number of hydrogen-bond acceptors (Lipinski definition) is 2. The highest BCUT2D eigenvalue weighted by molar-refractivity contribution is 5.78. The smallest absolute Gasteiger partial charge is 0.225 e. The highest BCUT2D eigenvalue weighted by atomic mass is 16.2. The Kier molecular flexibility index (Phi) is 4.43. The lowest BCUT2D eigenvalue weighted by molar-refractivity contribution is -0.137. The Bertz CT molecular complexity index is 261. The molecule has 2 saturated heterocycles. The summed E-state index contributed by atoms with van der Waals surface area (Å²) in [7, 11) is 0. The Labute approximate surface area is 105 Å². The summed E-state index contributed by atoms with van der Waals surface area (Å²) in [6.45, 7) is 7.29. The average molecular weight is 238 g/mol. The Morgan fingerprint density at radius 3 is 2.88 bits per heavy atom. The maximum absolute atomic E-state index is 12.2. The molecule has 3 unspecified atom stereocenters. The first-order valence-corrected chi connectivity index (χ1v) is 7.24. The van der Waals surface area contributed by atoms with Gasteiger partial charge in [0.05, 0.1) is 0 Å². The van der Waals surface area contributed by atoms with Crippen molar-refractivity contribution in [3.8, 4) is 0 Å². The number of hydrogen-bond donors (Lipinski definition) is 1. The lowest BCUT2D eigenvalue weighted by atomic mass is 9.89. The molecule has 2 aliphatic rings. The molecule has 17 heavy (non-hydrogen) atoms. The molecular weight excluding hydrogens is 212 g/mol. The largest absolute Gasteiger partial charge is 0.342 e. The van der Waals surface area contributed by atoms with Gasteiger partial charge in [-0.3, -0.25) is 4.79 Å². The van der Waals surface area contributed by atoms with Gasteiger partial charge in [-0.2, -0.15) is 0 Å². The third kappa shape index (κ3) is 3.01. The summed E-state index contributed by atoms with van der Waals surface area (Å²) in [4.78, 5) is 14.3. The van der Waals surface area contributed by atoms with Crippen LogP contribution in [-0.2, 0) is 4.79 Å². The maximum atomic E-state index is 12.2. The van der Waals surface area contributed by atoms with Crippen LogP contribution >= 0.6 is 0 Å². The van der Waals surface area contributed by atoms with E-state index in [0.717, 1.165) is 19.5 Å². The summed E-state index contributed by atoms with van der Waals surface area (Å²) in [5.41, 5.74) is 0. The van der Waals surface area contributed by atoms with E-state index in [-0.39, 0.29) is 5.92 Å². The molecule has 2 fully saturated rings. The first-order chi connectivity index (χ1) is 8.22. The summed E-state index contributed by atoms with van der Waals surface area (Å²) < 4.78 is 0. The van der Waals surface area contributed by atoms with Gasteiger partial charge in [0.15, 0.2) is 0 Å². The van der Waals surface area contributed by atoms with Gasteiger partial charge in [-0.25, -0.2) is 0 Å². The molecule has 0 aromatic rings. The number of likely N-dealkylation sites (tertiary alicyclic amines) is 1. The second kappa shape index (κ2) is 5.85. The van der Waals surface area contributed by atoms with Gasteiger partial charge in [0.1, 0.15) is 0 Å². The van der Waals surface area contributed by atoms with Gasteiger partial charge < -0.3 is 10.2 Å². The molecule has 1 N–H and O–H groups in total. The molecule has 2 heterocycles. The number of nitrogens with zero attached hydrogens (tertiary/aromatic N) is 1. The summed E-state index contributed by atoms with van der Waals surface area (Å²) in [5, 5.41) is 3.59. The van der Waals surface area contributed by atoms with Crippen LogP contribution in [-0.4, -0.2) is 36.5 Å². The van der Waals surface area contributed by atoms with Crippen LogP contribution in [0.25, 0.3) is 0 Å². The molecule has 0 saturated carbocycles. The van der Waals surface area contributed by atoms with E-state index >= 15 is 0 Å². The molecule has 0 aromatic carbocycles. The third-order valence-corrected chi connectivity index (χ3v) is 4.47. The van der Waals surface area contributed by atoms with E-state index in [1.807, 2.05) is 0 Å². The highest BCUT2D eigenvalue weighted by Gasteiger charge is 2.31. The van der Waals surface area contributed by atoms with Gasteiger partial charge in [-0.15, -0.1) is 0 Å². The molecule has 2 aliphatic heterocycles. The zero-order valence-corrected chi connectivity index (χ0v) is 11.2. The van der Waals surface area contributed by atoms with Crippen molar-refractivity contribution in [3.63, 3.8) is 0 Å². The van der Waals surface area contributed by atoms with E-state index < -0.39 is 0 Å². The molecule has 0 radical (unpaired) electrons. The summed E-state index contributed by atoms with van der Waals surface area (Å²) in [6, 6.07) is 0.669. The van der Waals surface area contributed by atoms with Gasteiger partial charge in [0, 0.05) is 25.0 Å². The van der Waals surface area contributed by atoms with E-state index in [4.69, 9.17) is 0 Å². The molecule has 3 heteroatoms. The third-order valence-electron chi connectivity index (χ3n) is 4.47. The SMILES string of the molecule is CCC(C)C(=O)N1CCCC(C2CCCN2)C1. The number of rotatable bonds is 3. The normalized spacial score (nSPS) is 31.5. The molecule has 1 amide bonds. The minimum atomic E-state index is 0.199. The quantitative estimate of drug-likeness (QED) is 0.816. The molecule has 0 aliphatic carbocycles.